The van der Waals surface area contributed by atoms with E-state index in [1.54, 1.807) is 6.20 Å². The van der Waals surface area contributed by atoms with Crippen molar-refractivity contribution in [1.82, 2.24) is 10.2 Å². The van der Waals surface area contributed by atoms with Crippen molar-refractivity contribution in [3.63, 3.8) is 0 Å². The standard InChI is InChI=1S/C13H22N4/c1-10-7-13(17-15-9-10)16-12(8-14)11-5-3-2-4-6-11/h7,9,11-12H,2-6,8,14H2,1H3,(H,16,17). The fraction of sp³-hybridized carbons (Fsp3) is 0.692. The van der Waals surface area contributed by atoms with Crippen LogP contribution in [0.15, 0.2) is 12.3 Å². The second kappa shape index (κ2) is 5.96. The summed E-state index contributed by atoms with van der Waals surface area (Å²) in [5.74, 6) is 1.54. The van der Waals surface area contributed by atoms with Crippen LogP contribution in [0.1, 0.15) is 37.7 Å². The molecule has 17 heavy (non-hydrogen) atoms. The average molecular weight is 234 g/mol. The zero-order chi connectivity index (χ0) is 12.1. The lowest BCUT2D eigenvalue weighted by Gasteiger charge is -2.30. The number of aryl methyl sites for hydroxylation is 1. The molecule has 1 unspecified atom stereocenters. The summed E-state index contributed by atoms with van der Waals surface area (Å²) in [6.45, 7) is 2.69. The minimum Gasteiger partial charge on any atom is -0.364 e. The van der Waals surface area contributed by atoms with Gasteiger partial charge in [0.1, 0.15) is 5.82 Å². The van der Waals surface area contributed by atoms with Crippen molar-refractivity contribution >= 4 is 5.82 Å². The van der Waals surface area contributed by atoms with Gasteiger partial charge < -0.3 is 11.1 Å². The third-order valence-electron chi connectivity index (χ3n) is 3.60. The van der Waals surface area contributed by atoms with Crippen molar-refractivity contribution < 1.29 is 0 Å². The molecule has 0 saturated heterocycles. The number of nitrogens with one attached hydrogen (secondary N) is 1. The Labute approximate surface area is 103 Å². The summed E-state index contributed by atoms with van der Waals surface area (Å²) in [5, 5.41) is 11.5. The molecule has 1 saturated carbocycles. The van der Waals surface area contributed by atoms with Gasteiger partial charge in [-0.1, -0.05) is 19.3 Å². The van der Waals surface area contributed by atoms with E-state index in [2.05, 4.69) is 15.5 Å². The first-order chi connectivity index (χ1) is 8.29. The molecule has 0 aliphatic heterocycles. The third kappa shape index (κ3) is 3.40. The summed E-state index contributed by atoms with van der Waals surface area (Å²) >= 11 is 0. The van der Waals surface area contributed by atoms with Crippen molar-refractivity contribution in [2.45, 2.75) is 45.1 Å². The lowest BCUT2D eigenvalue weighted by atomic mass is 9.84. The smallest absolute Gasteiger partial charge is 0.149 e. The van der Waals surface area contributed by atoms with E-state index in [1.807, 2.05) is 13.0 Å². The molecule has 4 heteroatoms. The van der Waals surface area contributed by atoms with E-state index in [4.69, 9.17) is 5.73 Å². The molecule has 1 aliphatic rings. The molecule has 3 N–H and O–H groups in total. The van der Waals surface area contributed by atoms with Gasteiger partial charge in [-0.05, 0) is 37.3 Å². The van der Waals surface area contributed by atoms with Crippen LogP contribution in [0.3, 0.4) is 0 Å². The Balaban J connectivity index is 1.98. The first-order valence-corrected chi connectivity index (χ1v) is 6.55. The molecule has 0 radical (unpaired) electrons. The van der Waals surface area contributed by atoms with Crippen LogP contribution in [0.2, 0.25) is 0 Å². The Kier molecular flexibility index (Phi) is 4.31. The Morgan fingerprint density at radius 1 is 1.41 bits per heavy atom. The molecule has 0 spiro atoms. The SMILES string of the molecule is Cc1cnnc(NC(CN)C2CCCCC2)c1. The van der Waals surface area contributed by atoms with E-state index in [-0.39, 0.29) is 0 Å². The van der Waals surface area contributed by atoms with Gasteiger partial charge in [0.25, 0.3) is 0 Å². The van der Waals surface area contributed by atoms with Gasteiger partial charge in [0.2, 0.25) is 0 Å². The summed E-state index contributed by atoms with van der Waals surface area (Å²) in [6.07, 6.45) is 8.38. The van der Waals surface area contributed by atoms with Crippen LogP contribution in [0.25, 0.3) is 0 Å². The fourth-order valence-corrected chi connectivity index (χ4v) is 2.63. The Hall–Kier alpha value is -1.16. The number of hydrogen-bond acceptors (Lipinski definition) is 4. The molecule has 1 fully saturated rings. The van der Waals surface area contributed by atoms with Crippen molar-refractivity contribution in [2.24, 2.45) is 11.7 Å². The average Bonchev–Trinajstić information content (AvgIpc) is 2.37. The predicted molar refractivity (Wildman–Crippen MR) is 69.8 cm³/mol. The second-order valence-corrected chi connectivity index (χ2v) is 5.00. The number of nitrogens with two attached hydrogens (primary N) is 1. The molecule has 1 aromatic heterocycles. The summed E-state index contributed by atoms with van der Waals surface area (Å²) < 4.78 is 0. The maximum absolute atomic E-state index is 5.88. The molecule has 2 rings (SSSR count). The molecule has 0 amide bonds. The van der Waals surface area contributed by atoms with Crippen LogP contribution in [0, 0.1) is 12.8 Å². The highest BCUT2D eigenvalue weighted by Crippen LogP contribution is 2.27. The number of anilines is 1. The van der Waals surface area contributed by atoms with Crippen LogP contribution in [0.5, 0.6) is 0 Å². The van der Waals surface area contributed by atoms with E-state index in [1.165, 1.54) is 32.1 Å². The van der Waals surface area contributed by atoms with Gasteiger partial charge in [-0.25, -0.2) is 0 Å². The second-order valence-electron chi connectivity index (χ2n) is 5.00. The zero-order valence-electron chi connectivity index (χ0n) is 10.5. The summed E-state index contributed by atoms with van der Waals surface area (Å²) in [5.41, 5.74) is 7.01. The molecule has 1 atom stereocenters. The van der Waals surface area contributed by atoms with Gasteiger partial charge in [0.15, 0.2) is 0 Å². The summed E-state index contributed by atoms with van der Waals surface area (Å²) in [4.78, 5) is 0. The molecule has 0 aromatic carbocycles. The summed E-state index contributed by atoms with van der Waals surface area (Å²) in [7, 11) is 0. The zero-order valence-corrected chi connectivity index (χ0v) is 10.5. The number of aromatic nitrogens is 2. The van der Waals surface area contributed by atoms with Crippen molar-refractivity contribution in [3.8, 4) is 0 Å². The minimum atomic E-state index is 0.339. The quantitative estimate of drug-likeness (QED) is 0.837. The van der Waals surface area contributed by atoms with E-state index in [0.717, 1.165) is 11.4 Å². The van der Waals surface area contributed by atoms with Gasteiger partial charge in [0, 0.05) is 12.6 Å². The van der Waals surface area contributed by atoms with Gasteiger partial charge >= 0.3 is 0 Å². The highest BCUT2D eigenvalue weighted by Gasteiger charge is 2.22. The highest BCUT2D eigenvalue weighted by atomic mass is 15.2. The number of rotatable bonds is 4. The molecule has 1 heterocycles. The van der Waals surface area contributed by atoms with Crippen molar-refractivity contribution in [3.05, 3.63) is 17.8 Å². The van der Waals surface area contributed by atoms with E-state index in [0.29, 0.717) is 18.5 Å². The number of nitrogens with zero attached hydrogens (tertiary/aromatic N) is 2. The number of hydrogen-bond donors (Lipinski definition) is 2. The first kappa shape index (κ1) is 12.3. The van der Waals surface area contributed by atoms with Crippen molar-refractivity contribution in [1.29, 1.82) is 0 Å². The molecule has 0 bridgehead atoms. The minimum absolute atomic E-state index is 0.339. The van der Waals surface area contributed by atoms with E-state index in [9.17, 15) is 0 Å². The molecular formula is C13H22N4. The first-order valence-electron chi connectivity index (χ1n) is 6.55. The largest absolute Gasteiger partial charge is 0.364 e. The van der Waals surface area contributed by atoms with Crippen LogP contribution >= 0.6 is 0 Å². The maximum Gasteiger partial charge on any atom is 0.149 e. The normalized spacial score (nSPS) is 18.9. The molecule has 1 aromatic rings. The molecule has 1 aliphatic carbocycles. The predicted octanol–water partition coefficient (Wildman–Crippen LogP) is 2.10. The lowest BCUT2D eigenvalue weighted by Crippen LogP contribution is -2.37. The maximum atomic E-state index is 5.88. The molecule has 4 nitrogen and oxygen atoms in total. The van der Waals surface area contributed by atoms with Crippen molar-refractivity contribution in [2.75, 3.05) is 11.9 Å². The van der Waals surface area contributed by atoms with E-state index >= 15 is 0 Å². The van der Waals surface area contributed by atoms with E-state index < -0.39 is 0 Å². The van der Waals surface area contributed by atoms with Gasteiger partial charge in [-0.15, -0.1) is 5.10 Å². The van der Waals surface area contributed by atoms with Gasteiger partial charge in [0.05, 0.1) is 6.20 Å². The van der Waals surface area contributed by atoms with Crippen LogP contribution in [-0.4, -0.2) is 22.8 Å². The highest BCUT2D eigenvalue weighted by molar-refractivity contribution is 5.36. The Morgan fingerprint density at radius 2 is 2.18 bits per heavy atom. The van der Waals surface area contributed by atoms with Crippen LogP contribution in [0.4, 0.5) is 5.82 Å². The monoisotopic (exact) mass is 234 g/mol. The van der Waals surface area contributed by atoms with Gasteiger partial charge in [-0.2, -0.15) is 5.10 Å². The summed E-state index contributed by atoms with van der Waals surface area (Å²) in [6, 6.07) is 2.37. The van der Waals surface area contributed by atoms with Crippen LogP contribution < -0.4 is 11.1 Å². The Bertz CT molecular complexity index is 347. The molecule has 94 valence electrons. The lowest BCUT2D eigenvalue weighted by molar-refractivity contribution is 0.320. The van der Waals surface area contributed by atoms with Crippen LogP contribution in [-0.2, 0) is 0 Å². The Morgan fingerprint density at radius 3 is 2.82 bits per heavy atom. The molecular weight excluding hydrogens is 212 g/mol. The topological polar surface area (TPSA) is 63.8 Å². The fourth-order valence-electron chi connectivity index (χ4n) is 2.63. The third-order valence-corrected chi connectivity index (χ3v) is 3.60. The van der Waals surface area contributed by atoms with Gasteiger partial charge in [-0.3, -0.25) is 0 Å².